The zero-order chi connectivity index (χ0) is 22.8. The van der Waals surface area contributed by atoms with Crippen molar-refractivity contribution in [2.75, 3.05) is 11.5 Å². The summed E-state index contributed by atoms with van der Waals surface area (Å²) < 4.78 is 40.1. The molecule has 31 heavy (non-hydrogen) atoms. The average Bonchev–Trinajstić information content (AvgIpc) is 3.24. The van der Waals surface area contributed by atoms with Crippen LogP contribution in [0.15, 0.2) is 36.4 Å². The minimum atomic E-state index is -4.39. The summed E-state index contributed by atoms with van der Waals surface area (Å²) in [5.74, 6) is -1.23. The number of carboxylic acids is 1. The molecule has 1 aromatic carbocycles. The molecule has 0 spiro atoms. The summed E-state index contributed by atoms with van der Waals surface area (Å²) in [4.78, 5) is 22.5. The quantitative estimate of drug-likeness (QED) is 0.622. The second-order valence-electron chi connectivity index (χ2n) is 7.33. The van der Waals surface area contributed by atoms with Gasteiger partial charge in [-0.3, -0.25) is 9.59 Å². The number of aliphatic carboxylic acids is 1. The molecule has 0 saturated heterocycles. The first kappa shape index (κ1) is 22.9. The Morgan fingerprint density at radius 2 is 1.87 bits per heavy atom. The number of nitrogens with one attached hydrogen (secondary N) is 1. The summed E-state index contributed by atoms with van der Waals surface area (Å²) in [6, 6.07) is 4.70. The minimum absolute atomic E-state index is 0.0140. The molecule has 6 nitrogen and oxygen atoms in total. The van der Waals surface area contributed by atoms with Crippen LogP contribution in [0.1, 0.15) is 34.9 Å². The average molecular weight is 453 g/mol. The van der Waals surface area contributed by atoms with Crippen molar-refractivity contribution in [3.8, 4) is 5.69 Å². The highest BCUT2D eigenvalue weighted by Gasteiger charge is 2.30. The van der Waals surface area contributed by atoms with Crippen LogP contribution < -0.4 is 5.32 Å². The van der Waals surface area contributed by atoms with Crippen LogP contribution >= 0.6 is 11.8 Å². The van der Waals surface area contributed by atoms with E-state index in [1.807, 2.05) is 26.0 Å². The van der Waals surface area contributed by atoms with Crippen LogP contribution in [0.4, 0.5) is 13.2 Å². The summed E-state index contributed by atoms with van der Waals surface area (Å²) in [5, 5.41) is 16.0. The fourth-order valence-electron chi connectivity index (χ4n) is 3.73. The third kappa shape index (κ3) is 5.49. The number of carbonyl (C=O) groups is 2. The van der Waals surface area contributed by atoms with Gasteiger partial charge in [-0.2, -0.15) is 18.3 Å². The predicted molar refractivity (Wildman–Crippen MR) is 111 cm³/mol. The largest absolute Gasteiger partial charge is 0.481 e. The molecule has 0 saturated carbocycles. The van der Waals surface area contributed by atoms with E-state index in [0.717, 1.165) is 40.8 Å². The van der Waals surface area contributed by atoms with Crippen molar-refractivity contribution in [1.82, 2.24) is 15.1 Å². The van der Waals surface area contributed by atoms with Crippen molar-refractivity contribution < 1.29 is 27.9 Å². The van der Waals surface area contributed by atoms with Crippen molar-refractivity contribution in [2.24, 2.45) is 0 Å². The number of aryl methyl sites for hydroxylation is 1. The topological polar surface area (TPSA) is 84.2 Å². The Balaban J connectivity index is 1.68. The molecule has 3 rings (SSSR count). The maximum Gasteiger partial charge on any atom is 0.416 e. The van der Waals surface area contributed by atoms with Gasteiger partial charge in [-0.25, -0.2) is 4.68 Å². The Morgan fingerprint density at radius 1 is 1.19 bits per heavy atom. The summed E-state index contributed by atoms with van der Waals surface area (Å²) >= 11 is 1.04. The molecular formula is C21H22F3N3O3S. The van der Waals surface area contributed by atoms with Gasteiger partial charge in [-0.05, 0) is 44.5 Å². The lowest BCUT2D eigenvalue weighted by Gasteiger charge is -2.15. The van der Waals surface area contributed by atoms with E-state index >= 15 is 0 Å². The van der Waals surface area contributed by atoms with Crippen molar-refractivity contribution in [3.63, 3.8) is 0 Å². The lowest BCUT2D eigenvalue weighted by atomic mass is 9.96. The normalized spacial score (nSPS) is 18.4. The fourth-order valence-corrected chi connectivity index (χ4v) is 4.28. The molecule has 0 bridgehead atoms. The van der Waals surface area contributed by atoms with E-state index in [2.05, 4.69) is 10.4 Å². The van der Waals surface area contributed by atoms with Gasteiger partial charge in [0.2, 0.25) is 5.91 Å². The number of hydrogen-bond donors (Lipinski definition) is 2. The maximum atomic E-state index is 12.8. The number of allylic oxidation sites excluding steroid dienone is 1. The molecule has 2 aromatic rings. The molecular weight excluding hydrogens is 431 g/mol. The van der Waals surface area contributed by atoms with Gasteiger partial charge in [0, 0.05) is 23.2 Å². The minimum Gasteiger partial charge on any atom is -0.481 e. The van der Waals surface area contributed by atoms with Crippen molar-refractivity contribution in [2.45, 2.75) is 38.4 Å². The van der Waals surface area contributed by atoms with Crippen LogP contribution in [-0.4, -0.2) is 44.3 Å². The zero-order valence-corrected chi connectivity index (χ0v) is 17.8. The number of benzene rings is 1. The molecule has 10 heteroatoms. The molecule has 0 unspecified atom stereocenters. The molecule has 166 valence electrons. The van der Waals surface area contributed by atoms with Crippen LogP contribution in [0.3, 0.4) is 0 Å². The number of hydrogen-bond acceptors (Lipinski definition) is 4. The van der Waals surface area contributed by atoms with E-state index in [4.69, 9.17) is 5.11 Å². The van der Waals surface area contributed by atoms with E-state index in [9.17, 15) is 22.8 Å². The molecule has 1 aromatic heterocycles. The van der Waals surface area contributed by atoms with E-state index in [-0.39, 0.29) is 29.4 Å². The highest BCUT2D eigenvalue weighted by molar-refractivity contribution is 8.00. The van der Waals surface area contributed by atoms with Gasteiger partial charge in [-0.15, -0.1) is 11.8 Å². The van der Waals surface area contributed by atoms with Crippen molar-refractivity contribution in [3.05, 3.63) is 58.9 Å². The molecule has 2 N–H and O–H groups in total. The van der Waals surface area contributed by atoms with E-state index in [0.29, 0.717) is 12.1 Å². The number of amides is 1. The van der Waals surface area contributed by atoms with Gasteiger partial charge in [0.15, 0.2) is 0 Å². The van der Waals surface area contributed by atoms with E-state index < -0.39 is 17.7 Å². The van der Waals surface area contributed by atoms with Gasteiger partial charge >= 0.3 is 12.1 Å². The molecule has 1 aliphatic rings. The number of aromatic nitrogens is 2. The first-order valence-corrected chi connectivity index (χ1v) is 10.7. The number of nitrogens with zero attached hydrogens (tertiary/aromatic N) is 2. The Morgan fingerprint density at radius 3 is 2.48 bits per heavy atom. The SMILES string of the molecule is Cc1nn(-c2ccc(C(F)(F)F)cc2)c(C)c1[C@@H]1C=C[C@@H](NC(=O)CSCC(=O)O)C1. The Kier molecular flexibility index (Phi) is 6.78. The van der Waals surface area contributed by atoms with E-state index in [1.54, 1.807) is 4.68 Å². The first-order chi connectivity index (χ1) is 14.6. The van der Waals surface area contributed by atoms with Gasteiger partial charge in [0.1, 0.15) is 0 Å². The molecule has 0 fully saturated rings. The lowest BCUT2D eigenvalue weighted by molar-refractivity contribution is -0.137. The molecule has 1 aliphatic carbocycles. The van der Waals surface area contributed by atoms with Crippen molar-refractivity contribution in [1.29, 1.82) is 0 Å². The van der Waals surface area contributed by atoms with E-state index in [1.165, 1.54) is 12.1 Å². The number of carboxylic acid groups (broad SMARTS) is 1. The summed E-state index contributed by atoms with van der Waals surface area (Å²) in [5.41, 5.74) is 2.42. The van der Waals surface area contributed by atoms with Crippen LogP contribution in [0, 0.1) is 13.8 Å². The first-order valence-electron chi connectivity index (χ1n) is 9.57. The molecule has 2 atom stereocenters. The Hall–Kier alpha value is -2.75. The number of alkyl halides is 3. The predicted octanol–water partition coefficient (Wildman–Crippen LogP) is 3.85. The molecule has 0 radical (unpaired) electrons. The third-order valence-electron chi connectivity index (χ3n) is 5.05. The van der Waals surface area contributed by atoms with Crippen LogP contribution in [-0.2, 0) is 15.8 Å². The smallest absolute Gasteiger partial charge is 0.416 e. The number of thioether (sulfide) groups is 1. The summed E-state index contributed by atoms with van der Waals surface area (Å²) in [7, 11) is 0. The van der Waals surface area contributed by atoms with Crippen LogP contribution in [0.25, 0.3) is 5.69 Å². The standard InChI is InChI=1S/C21H22F3N3O3S/c1-12-20(14-3-6-16(9-14)25-18(28)10-31-11-19(29)30)13(2)27(26-12)17-7-4-15(5-8-17)21(22,23)24/h3-8,14,16H,9-11H2,1-2H3,(H,25,28)(H,29,30)/t14-,16-/m1/s1. The molecule has 1 heterocycles. The Bertz CT molecular complexity index is 1000. The second-order valence-corrected chi connectivity index (χ2v) is 8.31. The zero-order valence-electron chi connectivity index (χ0n) is 16.9. The maximum absolute atomic E-state index is 12.8. The van der Waals surface area contributed by atoms with Crippen LogP contribution in [0.2, 0.25) is 0 Å². The van der Waals surface area contributed by atoms with Gasteiger partial charge < -0.3 is 10.4 Å². The van der Waals surface area contributed by atoms with Gasteiger partial charge in [0.25, 0.3) is 0 Å². The third-order valence-corrected chi connectivity index (χ3v) is 5.96. The van der Waals surface area contributed by atoms with Crippen LogP contribution in [0.5, 0.6) is 0 Å². The van der Waals surface area contributed by atoms with Gasteiger partial charge in [-0.1, -0.05) is 12.2 Å². The number of rotatable bonds is 7. The highest BCUT2D eigenvalue weighted by atomic mass is 32.2. The summed E-state index contributed by atoms with van der Waals surface area (Å²) in [6.07, 6.45) is 0.136. The number of carbonyl (C=O) groups excluding carboxylic acids is 1. The monoisotopic (exact) mass is 453 g/mol. The highest BCUT2D eigenvalue weighted by Crippen LogP contribution is 2.34. The number of halogens is 3. The lowest BCUT2D eigenvalue weighted by Crippen LogP contribution is -2.34. The molecule has 0 aliphatic heterocycles. The Labute approximate surface area is 181 Å². The summed E-state index contributed by atoms with van der Waals surface area (Å²) in [6.45, 7) is 3.72. The fraction of sp³-hybridized carbons (Fsp3) is 0.381. The van der Waals surface area contributed by atoms with Gasteiger partial charge in [0.05, 0.1) is 28.5 Å². The molecule has 1 amide bonds. The van der Waals surface area contributed by atoms with Crippen molar-refractivity contribution >= 4 is 23.6 Å². The second kappa shape index (κ2) is 9.17.